The van der Waals surface area contributed by atoms with Crippen molar-refractivity contribution in [3.05, 3.63) is 5.69 Å². The first kappa shape index (κ1) is 18.7. The van der Waals surface area contributed by atoms with Crippen molar-refractivity contribution in [3.63, 3.8) is 0 Å². The van der Waals surface area contributed by atoms with Gasteiger partial charge in [0.25, 0.3) is 0 Å². The van der Waals surface area contributed by atoms with Gasteiger partial charge in [0.1, 0.15) is 11.4 Å². The summed E-state index contributed by atoms with van der Waals surface area (Å²) in [6, 6.07) is 0. The second-order valence-corrected chi connectivity index (χ2v) is 9.60. The van der Waals surface area contributed by atoms with Crippen molar-refractivity contribution in [3.8, 4) is 0 Å². The molecule has 1 saturated heterocycles. The molecule has 25 heavy (non-hydrogen) atoms. The number of hydrogen-bond donors (Lipinski definition) is 1. The Kier molecular flexibility index (Phi) is 5.75. The number of aryl methyl sites for hydroxylation is 1. The van der Waals surface area contributed by atoms with Gasteiger partial charge in [-0.25, -0.2) is 4.98 Å². The molecule has 140 valence electrons. The first-order valence-corrected chi connectivity index (χ1v) is 10.5. The molecule has 6 nitrogen and oxygen atoms in total. The van der Waals surface area contributed by atoms with Crippen molar-refractivity contribution < 1.29 is 9.29 Å². The van der Waals surface area contributed by atoms with Gasteiger partial charge in [-0.3, -0.25) is 0 Å². The van der Waals surface area contributed by atoms with Gasteiger partial charge in [0.05, 0.1) is 0 Å². The summed E-state index contributed by atoms with van der Waals surface area (Å²) in [4.78, 5) is 12.4. The monoisotopic (exact) mass is 366 g/mol. The maximum atomic E-state index is 12.4. The molecule has 1 aromatic rings. The molecule has 1 unspecified atom stereocenters. The van der Waals surface area contributed by atoms with E-state index >= 15 is 0 Å². The lowest BCUT2D eigenvalue weighted by Crippen LogP contribution is -2.30. The largest absolute Gasteiger partial charge is 0.611 e. The molecule has 2 aliphatic rings. The molecule has 7 heteroatoms. The van der Waals surface area contributed by atoms with Gasteiger partial charge in [-0.15, -0.1) is 0 Å². The molecule has 0 bridgehead atoms. The lowest BCUT2D eigenvalue weighted by atomic mass is 9.96. The van der Waals surface area contributed by atoms with Crippen molar-refractivity contribution in [1.82, 2.24) is 9.97 Å². The maximum absolute atomic E-state index is 12.4. The minimum atomic E-state index is -0.993. The first-order chi connectivity index (χ1) is 11.8. The molecule has 2 aliphatic heterocycles. The third-order valence-electron chi connectivity index (χ3n) is 4.72. The number of hydrogen-bond acceptors (Lipinski definition) is 6. The van der Waals surface area contributed by atoms with Gasteiger partial charge >= 0.3 is 0 Å². The summed E-state index contributed by atoms with van der Waals surface area (Å²) in [5.41, 5.74) is 0.806. The molecule has 3 rings (SSSR count). The number of anilines is 2. The number of nitrogens with one attached hydrogen (secondary N) is 1. The van der Waals surface area contributed by atoms with Crippen molar-refractivity contribution in [2.45, 2.75) is 56.9 Å². The molecule has 1 atom stereocenters. The van der Waals surface area contributed by atoms with Crippen LogP contribution in [0.3, 0.4) is 0 Å². The van der Waals surface area contributed by atoms with Gasteiger partial charge in [-0.2, -0.15) is 4.98 Å². The summed E-state index contributed by atoms with van der Waals surface area (Å²) >= 11 is -0.993. The highest BCUT2D eigenvalue weighted by Crippen LogP contribution is 2.33. The summed E-state index contributed by atoms with van der Waals surface area (Å²) in [6.07, 6.45) is 4.20. The zero-order chi connectivity index (χ0) is 18.0. The number of nitrogens with zero attached hydrogens (tertiary/aromatic N) is 3. The van der Waals surface area contributed by atoms with Crippen molar-refractivity contribution in [1.29, 1.82) is 0 Å². The van der Waals surface area contributed by atoms with Crippen LogP contribution in [0.5, 0.6) is 0 Å². The molecule has 0 aliphatic carbocycles. The minimum absolute atomic E-state index is 0.132. The third-order valence-corrected chi connectivity index (χ3v) is 6.18. The Morgan fingerprint density at radius 1 is 1.28 bits per heavy atom. The molecule has 1 fully saturated rings. The van der Waals surface area contributed by atoms with Crippen LogP contribution in [0, 0.1) is 5.92 Å². The van der Waals surface area contributed by atoms with Crippen molar-refractivity contribution >= 4 is 22.9 Å². The van der Waals surface area contributed by atoms with E-state index in [2.05, 4.69) is 31.0 Å². The van der Waals surface area contributed by atoms with Gasteiger partial charge < -0.3 is 19.5 Å². The Morgan fingerprint density at radius 2 is 2.00 bits per heavy atom. The molecule has 0 aromatic carbocycles. The van der Waals surface area contributed by atoms with Crippen LogP contribution in [0.4, 0.5) is 11.8 Å². The Labute approximate surface area is 153 Å². The second-order valence-electron chi connectivity index (χ2n) is 8.09. The van der Waals surface area contributed by atoms with Crippen molar-refractivity contribution in [2.24, 2.45) is 5.92 Å². The summed E-state index contributed by atoms with van der Waals surface area (Å²) in [5, 5.41) is 3.43. The minimum Gasteiger partial charge on any atom is -0.611 e. The van der Waals surface area contributed by atoms with E-state index in [9.17, 15) is 4.55 Å². The summed E-state index contributed by atoms with van der Waals surface area (Å²) < 4.78 is 17.8. The molecule has 0 amide bonds. The van der Waals surface area contributed by atoms with Crippen LogP contribution in [0.1, 0.15) is 45.7 Å². The fraction of sp³-hybridized carbons (Fsp3) is 0.778. The smallest absolute Gasteiger partial charge is 0.227 e. The van der Waals surface area contributed by atoms with E-state index in [0.717, 1.165) is 73.7 Å². The Bertz CT molecular complexity index is 599. The molecular weight excluding hydrogens is 336 g/mol. The predicted molar refractivity (Wildman–Crippen MR) is 102 cm³/mol. The zero-order valence-corrected chi connectivity index (χ0v) is 16.6. The predicted octanol–water partition coefficient (Wildman–Crippen LogP) is 2.60. The van der Waals surface area contributed by atoms with Crippen LogP contribution >= 0.6 is 0 Å². The summed E-state index contributed by atoms with van der Waals surface area (Å²) in [7, 11) is 2.05. The van der Waals surface area contributed by atoms with Gasteiger partial charge in [-0.05, 0) is 57.1 Å². The van der Waals surface area contributed by atoms with Crippen LogP contribution < -0.4 is 10.2 Å². The highest BCUT2D eigenvalue weighted by Gasteiger charge is 2.33. The molecule has 0 radical (unpaired) electrons. The van der Waals surface area contributed by atoms with Gasteiger partial charge in [-0.1, -0.05) is 0 Å². The fourth-order valence-electron chi connectivity index (χ4n) is 3.31. The average Bonchev–Trinajstić information content (AvgIpc) is 2.93. The third kappa shape index (κ3) is 4.77. The van der Waals surface area contributed by atoms with E-state index in [0.29, 0.717) is 5.75 Å². The molecule has 0 spiro atoms. The number of aromatic nitrogens is 2. The van der Waals surface area contributed by atoms with Crippen LogP contribution in [0.15, 0.2) is 4.90 Å². The number of fused-ring (bicyclic) bond motifs is 1. The van der Waals surface area contributed by atoms with Crippen LogP contribution in [-0.4, -0.2) is 52.6 Å². The van der Waals surface area contributed by atoms with Crippen LogP contribution in [0.25, 0.3) is 0 Å². The Hall–Kier alpha value is -1.05. The fourth-order valence-corrected chi connectivity index (χ4v) is 4.61. The summed E-state index contributed by atoms with van der Waals surface area (Å²) in [5.74, 6) is 2.85. The molecule has 3 heterocycles. The lowest BCUT2D eigenvalue weighted by Gasteiger charge is -2.26. The van der Waals surface area contributed by atoms with E-state index in [1.54, 1.807) is 0 Å². The van der Waals surface area contributed by atoms with Gasteiger partial charge in [0.2, 0.25) is 10.8 Å². The van der Waals surface area contributed by atoms with E-state index in [4.69, 9.17) is 14.7 Å². The van der Waals surface area contributed by atoms with Gasteiger partial charge in [0, 0.05) is 38.8 Å². The normalized spacial score (nSPS) is 21.2. The van der Waals surface area contributed by atoms with E-state index in [-0.39, 0.29) is 5.54 Å². The average molecular weight is 367 g/mol. The molecule has 1 aromatic heterocycles. The van der Waals surface area contributed by atoms with Crippen LogP contribution in [0.2, 0.25) is 0 Å². The quantitative estimate of drug-likeness (QED) is 0.808. The highest BCUT2D eigenvalue weighted by atomic mass is 32.2. The highest BCUT2D eigenvalue weighted by molar-refractivity contribution is 7.91. The standard InChI is InChI=1S/C18H30N4O2S/c1-18(2,3)21-16-15-14(8-12-25(15)23)19-17(20-16)22(4)9-5-13-6-10-24-11-7-13/h13H,5-12H2,1-4H3,(H,19,20,21). The SMILES string of the molecule is CN(CCC1CCOCC1)c1nc2c(c(NC(C)(C)C)n1)[S+]([O-])CC2. The number of ether oxygens (including phenoxy) is 1. The Morgan fingerprint density at radius 3 is 2.68 bits per heavy atom. The van der Waals surface area contributed by atoms with E-state index in [1.807, 2.05) is 7.05 Å². The first-order valence-electron chi connectivity index (χ1n) is 9.20. The lowest BCUT2D eigenvalue weighted by molar-refractivity contribution is 0.0645. The zero-order valence-electron chi connectivity index (χ0n) is 15.8. The van der Waals surface area contributed by atoms with Crippen LogP contribution in [-0.2, 0) is 22.3 Å². The van der Waals surface area contributed by atoms with E-state index in [1.165, 1.54) is 0 Å². The Balaban J connectivity index is 1.75. The van der Waals surface area contributed by atoms with E-state index < -0.39 is 11.2 Å². The maximum Gasteiger partial charge on any atom is 0.227 e. The topological polar surface area (TPSA) is 73.3 Å². The second kappa shape index (κ2) is 7.68. The summed E-state index contributed by atoms with van der Waals surface area (Å²) in [6.45, 7) is 8.97. The number of rotatable bonds is 5. The molecule has 1 N–H and O–H groups in total. The molecule has 0 saturated carbocycles. The van der Waals surface area contributed by atoms with Gasteiger partial charge in [0.15, 0.2) is 5.82 Å². The molecular formula is C18H30N4O2S. The van der Waals surface area contributed by atoms with Crippen molar-refractivity contribution in [2.75, 3.05) is 42.8 Å².